The number of thiophene rings is 1. The normalized spacial score (nSPS) is 12.3. The molecule has 0 saturated heterocycles. The van der Waals surface area contributed by atoms with Crippen molar-refractivity contribution < 1.29 is 19.1 Å². The van der Waals surface area contributed by atoms with Crippen LogP contribution in [0.5, 0.6) is 11.5 Å². The summed E-state index contributed by atoms with van der Waals surface area (Å²) >= 11 is 1.43. The fourth-order valence-corrected chi connectivity index (χ4v) is 4.22. The lowest BCUT2D eigenvalue weighted by Gasteiger charge is -2.17. The molecule has 1 aliphatic heterocycles. The summed E-state index contributed by atoms with van der Waals surface area (Å²) in [6.07, 6.45) is 0.804. The number of carbonyl (C=O) groups is 2. The van der Waals surface area contributed by atoms with Gasteiger partial charge in [0.05, 0.1) is 19.1 Å². The Morgan fingerprint density at radius 2 is 1.90 bits per heavy atom. The molecular weight excluding hydrogens is 414 g/mol. The van der Waals surface area contributed by atoms with E-state index in [1.165, 1.54) is 11.3 Å². The highest BCUT2D eigenvalue weighted by Gasteiger charge is 2.26. The molecule has 0 unspecified atom stereocenters. The zero-order chi connectivity index (χ0) is 21.8. The van der Waals surface area contributed by atoms with Crippen LogP contribution in [-0.4, -0.2) is 32.7 Å². The first-order valence-electron chi connectivity index (χ1n) is 9.83. The molecule has 2 heterocycles. The maximum absolute atomic E-state index is 12.8. The van der Waals surface area contributed by atoms with E-state index in [-0.39, 0.29) is 11.9 Å². The molecule has 1 aliphatic rings. The molecule has 0 fully saturated rings. The number of ether oxygens (including phenoxy) is 2. The third kappa shape index (κ3) is 4.49. The van der Waals surface area contributed by atoms with Crippen molar-refractivity contribution in [1.82, 2.24) is 5.32 Å². The van der Waals surface area contributed by atoms with Crippen LogP contribution in [0.3, 0.4) is 0 Å². The molecule has 4 rings (SSSR count). The zero-order valence-corrected chi connectivity index (χ0v) is 18.1. The quantitative estimate of drug-likeness (QED) is 0.603. The van der Waals surface area contributed by atoms with Crippen LogP contribution in [0.2, 0.25) is 0 Å². The SMILES string of the molecule is COc1ccc(CNC(=O)Nc2ccc3c(c2)N(C(=O)c2cccs2)CC3)cc1OC. The van der Waals surface area contributed by atoms with Gasteiger partial charge in [-0.2, -0.15) is 0 Å². The lowest BCUT2D eigenvalue weighted by molar-refractivity contribution is 0.0993. The van der Waals surface area contributed by atoms with Gasteiger partial charge in [-0.1, -0.05) is 18.2 Å². The lowest BCUT2D eigenvalue weighted by Crippen LogP contribution is -2.29. The summed E-state index contributed by atoms with van der Waals surface area (Å²) in [6.45, 7) is 0.973. The first-order valence-corrected chi connectivity index (χ1v) is 10.7. The molecule has 0 saturated carbocycles. The predicted octanol–water partition coefficient (Wildman–Crippen LogP) is 4.29. The highest BCUT2D eigenvalue weighted by atomic mass is 32.1. The fourth-order valence-electron chi connectivity index (χ4n) is 3.55. The van der Waals surface area contributed by atoms with E-state index >= 15 is 0 Å². The molecule has 0 atom stereocenters. The van der Waals surface area contributed by atoms with E-state index in [9.17, 15) is 9.59 Å². The number of urea groups is 1. The molecule has 0 aliphatic carbocycles. The Kier molecular flexibility index (Phi) is 6.08. The summed E-state index contributed by atoms with van der Waals surface area (Å²) in [5.74, 6) is 1.23. The van der Waals surface area contributed by atoms with E-state index < -0.39 is 0 Å². The van der Waals surface area contributed by atoms with Crippen LogP contribution in [0.1, 0.15) is 20.8 Å². The van der Waals surface area contributed by atoms with Crippen LogP contribution in [0.15, 0.2) is 53.9 Å². The van der Waals surface area contributed by atoms with Crippen molar-refractivity contribution >= 4 is 34.6 Å². The number of nitrogens with zero attached hydrogens (tertiary/aromatic N) is 1. The summed E-state index contributed by atoms with van der Waals surface area (Å²) in [6, 6.07) is 14.5. The highest BCUT2D eigenvalue weighted by molar-refractivity contribution is 7.12. The van der Waals surface area contributed by atoms with Crippen LogP contribution in [0.4, 0.5) is 16.2 Å². The van der Waals surface area contributed by atoms with Gasteiger partial charge in [-0.25, -0.2) is 4.79 Å². The Labute approximate surface area is 184 Å². The number of anilines is 2. The summed E-state index contributed by atoms with van der Waals surface area (Å²) in [5, 5.41) is 7.57. The summed E-state index contributed by atoms with van der Waals surface area (Å²) in [5.41, 5.74) is 3.46. The Bertz CT molecular complexity index is 1100. The van der Waals surface area contributed by atoms with Crippen molar-refractivity contribution in [3.63, 3.8) is 0 Å². The minimum Gasteiger partial charge on any atom is -0.493 e. The van der Waals surface area contributed by atoms with Gasteiger partial charge in [0, 0.05) is 24.5 Å². The maximum atomic E-state index is 12.8. The van der Waals surface area contributed by atoms with Gasteiger partial charge in [-0.15, -0.1) is 11.3 Å². The molecule has 160 valence electrons. The van der Waals surface area contributed by atoms with Crippen LogP contribution in [-0.2, 0) is 13.0 Å². The van der Waals surface area contributed by atoms with Gasteiger partial charge in [0.2, 0.25) is 0 Å². The Morgan fingerprint density at radius 1 is 1.06 bits per heavy atom. The van der Waals surface area contributed by atoms with Crippen molar-refractivity contribution in [3.05, 3.63) is 69.9 Å². The van der Waals surface area contributed by atoms with E-state index in [1.54, 1.807) is 25.2 Å². The molecule has 2 N–H and O–H groups in total. The molecular formula is C23H23N3O4S. The number of fused-ring (bicyclic) bond motifs is 1. The zero-order valence-electron chi connectivity index (χ0n) is 17.3. The summed E-state index contributed by atoms with van der Waals surface area (Å²) < 4.78 is 10.5. The minimum absolute atomic E-state index is 0.0104. The van der Waals surface area contributed by atoms with Crippen molar-refractivity contribution in [2.24, 2.45) is 0 Å². The number of nitrogens with one attached hydrogen (secondary N) is 2. The van der Waals surface area contributed by atoms with Crippen LogP contribution in [0, 0.1) is 0 Å². The number of hydrogen-bond donors (Lipinski definition) is 2. The van der Waals surface area contributed by atoms with E-state index in [4.69, 9.17) is 9.47 Å². The first-order chi connectivity index (χ1) is 15.1. The van der Waals surface area contributed by atoms with Crippen LogP contribution >= 0.6 is 11.3 Å². The van der Waals surface area contributed by atoms with Gasteiger partial charge >= 0.3 is 6.03 Å². The average Bonchev–Trinajstić information content (AvgIpc) is 3.47. The van der Waals surface area contributed by atoms with Crippen LogP contribution in [0.25, 0.3) is 0 Å². The standard InChI is InChI=1S/C23H23N3O4S/c1-29-19-8-5-15(12-20(19)30-2)14-24-23(28)25-17-7-6-16-9-10-26(18(16)13-17)22(27)21-4-3-11-31-21/h3-8,11-13H,9-10,14H2,1-2H3,(H2,24,25,28). The number of benzene rings is 2. The van der Waals surface area contributed by atoms with E-state index in [1.807, 2.05) is 47.8 Å². The first kappa shape index (κ1) is 20.7. The molecule has 0 spiro atoms. The van der Waals surface area contributed by atoms with E-state index in [0.717, 1.165) is 23.2 Å². The highest BCUT2D eigenvalue weighted by Crippen LogP contribution is 2.32. The van der Waals surface area contributed by atoms with E-state index in [0.29, 0.717) is 35.2 Å². The lowest BCUT2D eigenvalue weighted by atomic mass is 10.1. The number of rotatable bonds is 6. The van der Waals surface area contributed by atoms with Crippen molar-refractivity contribution in [2.45, 2.75) is 13.0 Å². The topological polar surface area (TPSA) is 79.9 Å². The minimum atomic E-state index is -0.330. The molecule has 8 heteroatoms. The third-order valence-electron chi connectivity index (χ3n) is 5.12. The van der Waals surface area contributed by atoms with Gasteiger partial charge in [0.25, 0.3) is 5.91 Å². The van der Waals surface area contributed by atoms with Gasteiger partial charge < -0.3 is 25.0 Å². The van der Waals surface area contributed by atoms with Crippen LogP contribution < -0.4 is 25.0 Å². The summed E-state index contributed by atoms with van der Waals surface area (Å²) in [4.78, 5) is 27.7. The molecule has 2 aromatic carbocycles. The number of carbonyl (C=O) groups excluding carboxylic acids is 2. The van der Waals surface area contributed by atoms with Gasteiger partial charge in [-0.05, 0) is 53.3 Å². The predicted molar refractivity (Wildman–Crippen MR) is 122 cm³/mol. The Hall–Kier alpha value is -3.52. The summed E-state index contributed by atoms with van der Waals surface area (Å²) in [7, 11) is 3.15. The Balaban J connectivity index is 1.40. The second-order valence-corrected chi connectivity index (χ2v) is 7.97. The van der Waals surface area contributed by atoms with Gasteiger partial charge in [-0.3, -0.25) is 4.79 Å². The number of hydrogen-bond acceptors (Lipinski definition) is 5. The fraction of sp³-hybridized carbons (Fsp3) is 0.217. The number of amides is 3. The van der Waals surface area contributed by atoms with Crippen molar-refractivity contribution in [1.29, 1.82) is 0 Å². The van der Waals surface area contributed by atoms with Gasteiger partial charge in [0.1, 0.15) is 0 Å². The smallest absolute Gasteiger partial charge is 0.319 e. The molecule has 1 aromatic heterocycles. The average molecular weight is 438 g/mol. The monoisotopic (exact) mass is 437 g/mol. The molecule has 7 nitrogen and oxygen atoms in total. The Morgan fingerprint density at radius 3 is 2.65 bits per heavy atom. The van der Waals surface area contributed by atoms with E-state index in [2.05, 4.69) is 10.6 Å². The van der Waals surface area contributed by atoms with Gasteiger partial charge in [0.15, 0.2) is 11.5 Å². The molecule has 0 bridgehead atoms. The third-order valence-corrected chi connectivity index (χ3v) is 5.97. The molecule has 3 aromatic rings. The second kappa shape index (κ2) is 9.09. The maximum Gasteiger partial charge on any atom is 0.319 e. The second-order valence-electron chi connectivity index (χ2n) is 7.02. The molecule has 3 amide bonds. The molecule has 31 heavy (non-hydrogen) atoms. The van der Waals surface area contributed by atoms with Crippen molar-refractivity contribution in [3.8, 4) is 11.5 Å². The number of methoxy groups -OCH3 is 2. The molecule has 0 radical (unpaired) electrons. The van der Waals surface area contributed by atoms with Crippen molar-refractivity contribution in [2.75, 3.05) is 31.0 Å². The largest absolute Gasteiger partial charge is 0.493 e.